The lowest BCUT2D eigenvalue weighted by atomic mass is 10.1. The Morgan fingerprint density at radius 1 is 1.11 bits per heavy atom. The Morgan fingerprint density at radius 2 is 1.93 bits per heavy atom. The SMILES string of the molecule is C[C@H](Nc1ncc(Br)c(-c2cnc3c(C#N)cccn23)n1)c1ccccc1. The smallest absolute Gasteiger partial charge is 0.223 e. The Balaban J connectivity index is 1.73. The number of aromatic nitrogens is 4. The Bertz CT molecular complexity index is 1150. The van der Waals surface area contributed by atoms with Crippen LogP contribution in [0.3, 0.4) is 0 Å². The molecule has 0 saturated heterocycles. The van der Waals surface area contributed by atoms with Crippen LogP contribution in [-0.2, 0) is 0 Å². The first-order valence-corrected chi connectivity index (χ1v) is 9.17. The average Bonchev–Trinajstić information content (AvgIpc) is 3.14. The van der Waals surface area contributed by atoms with Crippen molar-refractivity contribution >= 4 is 27.5 Å². The third kappa shape index (κ3) is 3.27. The molecule has 6 nitrogen and oxygen atoms in total. The highest BCUT2D eigenvalue weighted by Gasteiger charge is 2.15. The Morgan fingerprint density at radius 3 is 2.70 bits per heavy atom. The molecule has 0 unspecified atom stereocenters. The molecule has 0 aliphatic heterocycles. The Labute approximate surface area is 164 Å². The third-order valence-electron chi connectivity index (χ3n) is 4.29. The van der Waals surface area contributed by atoms with Gasteiger partial charge in [-0.3, -0.25) is 4.40 Å². The molecule has 7 heteroatoms. The van der Waals surface area contributed by atoms with Gasteiger partial charge in [-0.15, -0.1) is 0 Å². The summed E-state index contributed by atoms with van der Waals surface area (Å²) in [6, 6.07) is 15.9. The molecule has 0 radical (unpaired) electrons. The van der Waals surface area contributed by atoms with Crippen LogP contribution in [0.5, 0.6) is 0 Å². The fourth-order valence-electron chi connectivity index (χ4n) is 2.91. The third-order valence-corrected chi connectivity index (χ3v) is 4.87. The normalized spacial score (nSPS) is 11.9. The lowest BCUT2D eigenvalue weighted by Crippen LogP contribution is -2.10. The van der Waals surface area contributed by atoms with Gasteiger partial charge in [-0.05, 0) is 40.5 Å². The van der Waals surface area contributed by atoms with E-state index in [0.29, 0.717) is 22.9 Å². The number of rotatable bonds is 4. The molecule has 0 amide bonds. The number of nitriles is 1. The van der Waals surface area contributed by atoms with E-state index in [9.17, 15) is 5.26 Å². The number of halogens is 1. The summed E-state index contributed by atoms with van der Waals surface area (Å²) in [6.45, 7) is 2.06. The van der Waals surface area contributed by atoms with Crippen molar-refractivity contribution in [3.05, 3.63) is 76.7 Å². The molecule has 4 aromatic rings. The predicted octanol–water partition coefficient (Wildman–Crippen LogP) is 4.60. The van der Waals surface area contributed by atoms with E-state index >= 15 is 0 Å². The maximum Gasteiger partial charge on any atom is 0.223 e. The van der Waals surface area contributed by atoms with Gasteiger partial charge in [-0.2, -0.15) is 5.26 Å². The summed E-state index contributed by atoms with van der Waals surface area (Å²) in [5, 5.41) is 12.6. The largest absolute Gasteiger partial charge is 0.348 e. The van der Waals surface area contributed by atoms with E-state index in [1.807, 2.05) is 34.9 Å². The predicted molar refractivity (Wildman–Crippen MR) is 107 cm³/mol. The standard InChI is InChI=1S/C20H15BrN6/c1-13(14-6-3-2-4-7-14)25-20-24-11-16(21)18(26-20)17-12-23-19-15(10-22)8-5-9-27(17)19/h2-9,11-13H,1H3,(H,24,25,26)/t13-/m0/s1. The van der Waals surface area contributed by atoms with Gasteiger partial charge >= 0.3 is 0 Å². The molecular weight excluding hydrogens is 404 g/mol. The second-order valence-corrected chi connectivity index (χ2v) is 6.89. The van der Waals surface area contributed by atoms with E-state index in [0.717, 1.165) is 15.7 Å². The molecule has 4 rings (SSSR count). The van der Waals surface area contributed by atoms with Crippen LogP contribution in [0.2, 0.25) is 0 Å². The van der Waals surface area contributed by atoms with Crippen molar-refractivity contribution in [2.75, 3.05) is 5.32 Å². The van der Waals surface area contributed by atoms with E-state index < -0.39 is 0 Å². The fraction of sp³-hybridized carbons (Fsp3) is 0.100. The molecule has 0 aliphatic carbocycles. The van der Waals surface area contributed by atoms with Gasteiger partial charge in [0, 0.05) is 12.4 Å². The molecule has 0 aliphatic rings. The summed E-state index contributed by atoms with van der Waals surface area (Å²) in [5.41, 5.74) is 3.76. The molecule has 3 heterocycles. The molecule has 27 heavy (non-hydrogen) atoms. The molecule has 0 bridgehead atoms. The summed E-state index contributed by atoms with van der Waals surface area (Å²) in [7, 11) is 0. The number of anilines is 1. The van der Waals surface area contributed by atoms with Gasteiger partial charge in [-0.25, -0.2) is 15.0 Å². The lowest BCUT2D eigenvalue weighted by molar-refractivity contribution is 0.860. The van der Waals surface area contributed by atoms with Crippen LogP contribution in [0.1, 0.15) is 24.1 Å². The zero-order valence-electron chi connectivity index (χ0n) is 14.5. The number of hydrogen-bond donors (Lipinski definition) is 1. The maximum absolute atomic E-state index is 9.27. The van der Waals surface area contributed by atoms with Gasteiger partial charge in [0.1, 0.15) is 11.8 Å². The molecule has 1 atom stereocenters. The molecular formula is C20H15BrN6. The zero-order chi connectivity index (χ0) is 18.8. The molecule has 0 spiro atoms. The molecule has 3 aromatic heterocycles. The van der Waals surface area contributed by atoms with Crippen molar-refractivity contribution in [2.45, 2.75) is 13.0 Å². The van der Waals surface area contributed by atoms with Gasteiger partial charge in [-0.1, -0.05) is 30.3 Å². The number of nitrogens with one attached hydrogen (secondary N) is 1. The van der Waals surface area contributed by atoms with Crippen LogP contribution in [0.4, 0.5) is 5.95 Å². The number of benzene rings is 1. The number of pyridine rings is 1. The monoisotopic (exact) mass is 418 g/mol. The minimum absolute atomic E-state index is 0.0626. The first-order valence-electron chi connectivity index (χ1n) is 8.38. The van der Waals surface area contributed by atoms with Crippen LogP contribution >= 0.6 is 15.9 Å². The first kappa shape index (κ1) is 17.2. The molecule has 132 valence electrons. The van der Waals surface area contributed by atoms with Gasteiger partial charge in [0.25, 0.3) is 0 Å². The summed E-state index contributed by atoms with van der Waals surface area (Å²) < 4.78 is 2.61. The number of fused-ring (bicyclic) bond motifs is 1. The Hall–Kier alpha value is -3.24. The van der Waals surface area contributed by atoms with Gasteiger partial charge in [0.05, 0.1) is 28.0 Å². The average molecular weight is 419 g/mol. The number of nitrogens with zero attached hydrogens (tertiary/aromatic N) is 5. The number of hydrogen-bond acceptors (Lipinski definition) is 5. The first-order chi connectivity index (χ1) is 13.2. The Kier molecular flexibility index (Phi) is 4.57. The topological polar surface area (TPSA) is 78.9 Å². The van der Waals surface area contributed by atoms with Crippen LogP contribution in [0.15, 0.2) is 65.5 Å². The van der Waals surface area contributed by atoms with Crippen molar-refractivity contribution in [3.8, 4) is 17.5 Å². The molecule has 0 fully saturated rings. The summed E-state index contributed by atoms with van der Waals surface area (Å²) in [6.07, 6.45) is 5.30. The van der Waals surface area contributed by atoms with E-state index in [1.165, 1.54) is 0 Å². The lowest BCUT2D eigenvalue weighted by Gasteiger charge is -2.15. The molecule has 0 saturated carbocycles. The zero-order valence-corrected chi connectivity index (χ0v) is 16.1. The second-order valence-electron chi connectivity index (χ2n) is 6.04. The minimum Gasteiger partial charge on any atom is -0.348 e. The summed E-state index contributed by atoms with van der Waals surface area (Å²) in [4.78, 5) is 13.4. The highest BCUT2D eigenvalue weighted by atomic mass is 79.9. The molecule has 1 N–H and O–H groups in total. The van der Waals surface area contributed by atoms with E-state index in [2.05, 4.69) is 61.3 Å². The highest BCUT2D eigenvalue weighted by Crippen LogP contribution is 2.28. The van der Waals surface area contributed by atoms with Crippen LogP contribution in [-0.4, -0.2) is 19.4 Å². The van der Waals surface area contributed by atoms with Crippen molar-refractivity contribution in [3.63, 3.8) is 0 Å². The maximum atomic E-state index is 9.27. The summed E-state index contributed by atoms with van der Waals surface area (Å²) in [5.74, 6) is 0.524. The van der Waals surface area contributed by atoms with Crippen molar-refractivity contribution in [2.24, 2.45) is 0 Å². The van der Waals surface area contributed by atoms with Gasteiger partial charge < -0.3 is 5.32 Å². The minimum atomic E-state index is 0.0626. The quantitative estimate of drug-likeness (QED) is 0.523. The van der Waals surface area contributed by atoms with Crippen molar-refractivity contribution < 1.29 is 0 Å². The number of imidazole rings is 1. The molecule has 1 aromatic carbocycles. The fourth-order valence-corrected chi connectivity index (χ4v) is 3.30. The summed E-state index contributed by atoms with van der Waals surface area (Å²) >= 11 is 3.53. The van der Waals surface area contributed by atoms with Crippen LogP contribution in [0.25, 0.3) is 17.0 Å². The van der Waals surface area contributed by atoms with Crippen LogP contribution < -0.4 is 5.32 Å². The second kappa shape index (κ2) is 7.17. The van der Waals surface area contributed by atoms with Crippen LogP contribution in [0, 0.1) is 11.3 Å². The highest BCUT2D eigenvalue weighted by molar-refractivity contribution is 9.10. The van der Waals surface area contributed by atoms with E-state index in [1.54, 1.807) is 18.5 Å². The van der Waals surface area contributed by atoms with Gasteiger partial charge in [0.15, 0.2) is 5.65 Å². The van der Waals surface area contributed by atoms with E-state index in [4.69, 9.17) is 0 Å². The van der Waals surface area contributed by atoms with Crippen molar-refractivity contribution in [1.82, 2.24) is 19.4 Å². The van der Waals surface area contributed by atoms with E-state index in [-0.39, 0.29) is 6.04 Å². The van der Waals surface area contributed by atoms with Crippen molar-refractivity contribution in [1.29, 1.82) is 5.26 Å². The van der Waals surface area contributed by atoms with Gasteiger partial charge in [0.2, 0.25) is 5.95 Å².